The molecule has 0 saturated carbocycles. The van der Waals surface area contributed by atoms with Gasteiger partial charge in [0.25, 0.3) is 0 Å². The third kappa shape index (κ3) is 1.18. The van der Waals surface area contributed by atoms with Gasteiger partial charge in [-0.25, -0.2) is 0 Å². The number of nitrogens with zero attached hydrogens (tertiary/aromatic N) is 2. The fourth-order valence-corrected chi connectivity index (χ4v) is 0.658. The maximum Gasteiger partial charge on any atom is 0.170 e. The van der Waals surface area contributed by atoms with Crippen LogP contribution in [0.4, 0.5) is 0 Å². The number of hydrogen-bond donors (Lipinski definition) is 0. The maximum absolute atomic E-state index is 5.50. The smallest absolute Gasteiger partial charge is 0.170 e. The third-order valence-corrected chi connectivity index (χ3v) is 1.41. The Labute approximate surface area is 62.4 Å². The predicted octanol–water partition coefficient (Wildman–Crippen LogP) is 1.63. The zero-order chi connectivity index (χ0) is 6.85. The summed E-state index contributed by atoms with van der Waals surface area (Å²) in [5.41, 5.74) is 0. The molecule has 46 valence electrons. The average molecular weight is 161 g/mol. The van der Waals surface area contributed by atoms with Crippen LogP contribution in [0.1, 0.15) is 0 Å². The first kappa shape index (κ1) is 6.47. The lowest BCUT2D eigenvalue weighted by molar-refractivity contribution is 0.918. The molecule has 1 rings (SSSR count). The van der Waals surface area contributed by atoms with E-state index < -0.39 is 0 Å². The number of terminal acetylenes is 1. The largest absolute Gasteiger partial charge is 0.194 e. The van der Waals surface area contributed by atoms with Crippen LogP contribution in [0, 0.1) is 12.5 Å². The van der Waals surface area contributed by atoms with Gasteiger partial charge in [0.15, 0.2) is 5.15 Å². The summed E-state index contributed by atoms with van der Waals surface area (Å²) in [7, 11) is 0. The molecular weight excluding hydrogens is 159 g/mol. The van der Waals surface area contributed by atoms with Crippen molar-refractivity contribution in [1.29, 1.82) is 0 Å². The topological polar surface area (TPSA) is 17.8 Å². The van der Waals surface area contributed by atoms with Crippen LogP contribution in [0.15, 0.2) is 6.20 Å². The van der Waals surface area contributed by atoms with Gasteiger partial charge >= 0.3 is 0 Å². The molecule has 0 N–H and O–H groups in total. The predicted molar refractivity (Wildman–Crippen MR) is 36.5 cm³/mol. The molecule has 9 heavy (non-hydrogen) atoms. The standard InChI is InChI=1S/C5H2Cl2N2/c1-2-9-3-4(6)5(7)8-9/h1,3H. The van der Waals surface area contributed by atoms with Crippen molar-refractivity contribution in [1.82, 2.24) is 9.78 Å². The van der Waals surface area contributed by atoms with Crippen molar-refractivity contribution in [3.05, 3.63) is 16.4 Å². The highest BCUT2D eigenvalue weighted by atomic mass is 35.5. The Morgan fingerprint density at radius 2 is 2.33 bits per heavy atom. The summed E-state index contributed by atoms with van der Waals surface area (Å²) in [4.78, 5) is 0. The van der Waals surface area contributed by atoms with Gasteiger partial charge in [0.1, 0.15) is 0 Å². The number of aromatic nitrogens is 2. The summed E-state index contributed by atoms with van der Waals surface area (Å²) in [5.74, 6) is 0. The molecule has 0 aliphatic rings. The maximum atomic E-state index is 5.50. The van der Waals surface area contributed by atoms with Crippen molar-refractivity contribution in [2.45, 2.75) is 0 Å². The second kappa shape index (κ2) is 2.30. The molecule has 0 saturated heterocycles. The van der Waals surface area contributed by atoms with E-state index >= 15 is 0 Å². The number of rotatable bonds is 0. The van der Waals surface area contributed by atoms with Gasteiger partial charge in [-0.3, -0.25) is 0 Å². The Morgan fingerprint density at radius 3 is 2.56 bits per heavy atom. The molecule has 0 amide bonds. The molecule has 0 aliphatic heterocycles. The molecule has 0 bridgehead atoms. The van der Waals surface area contributed by atoms with Crippen molar-refractivity contribution < 1.29 is 0 Å². The quantitative estimate of drug-likeness (QED) is 0.528. The third-order valence-electron chi connectivity index (χ3n) is 0.761. The van der Waals surface area contributed by atoms with Crippen LogP contribution in [0.2, 0.25) is 10.2 Å². The van der Waals surface area contributed by atoms with E-state index in [0.29, 0.717) is 5.02 Å². The lowest BCUT2D eigenvalue weighted by atomic mass is 10.7. The summed E-state index contributed by atoms with van der Waals surface area (Å²) >= 11 is 10.9. The molecule has 1 aromatic rings. The normalized spacial score (nSPS) is 9.00. The molecule has 1 heterocycles. The van der Waals surface area contributed by atoms with Gasteiger partial charge in [0, 0.05) is 6.04 Å². The molecule has 0 spiro atoms. The van der Waals surface area contributed by atoms with Crippen LogP contribution in [0.25, 0.3) is 0 Å². The minimum atomic E-state index is 0.231. The van der Waals surface area contributed by atoms with Gasteiger partial charge in [-0.2, -0.15) is 4.68 Å². The van der Waals surface area contributed by atoms with E-state index in [1.54, 1.807) is 0 Å². The first-order valence-corrected chi connectivity index (χ1v) is 2.87. The second-order valence-electron chi connectivity index (χ2n) is 1.34. The van der Waals surface area contributed by atoms with E-state index in [-0.39, 0.29) is 5.15 Å². The Hall–Kier alpha value is -0.650. The first-order chi connectivity index (χ1) is 4.24. The van der Waals surface area contributed by atoms with Crippen molar-refractivity contribution in [3.63, 3.8) is 0 Å². The zero-order valence-electron chi connectivity index (χ0n) is 4.31. The minimum absolute atomic E-state index is 0.231. The average Bonchev–Trinajstić information content (AvgIpc) is 2.13. The fraction of sp³-hybridized carbons (Fsp3) is 0. The highest BCUT2D eigenvalue weighted by Gasteiger charge is 1.99. The lowest BCUT2D eigenvalue weighted by Gasteiger charge is -1.77. The van der Waals surface area contributed by atoms with E-state index in [4.69, 9.17) is 29.6 Å². The Bertz CT molecular complexity index is 239. The SMILES string of the molecule is C#Cn1cc(Cl)c(Cl)n1. The molecule has 0 atom stereocenters. The summed E-state index contributed by atoms with van der Waals surface area (Å²) < 4.78 is 1.21. The van der Waals surface area contributed by atoms with Crippen LogP contribution >= 0.6 is 23.2 Å². The van der Waals surface area contributed by atoms with E-state index in [1.807, 2.05) is 0 Å². The molecule has 0 fully saturated rings. The van der Waals surface area contributed by atoms with Crippen molar-refractivity contribution >= 4 is 23.2 Å². The van der Waals surface area contributed by atoms with Crippen molar-refractivity contribution in [2.24, 2.45) is 0 Å². The van der Waals surface area contributed by atoms with Gasteiger partial charge in [0.2, 0.25) is 0 Å². The van der Waals surface area contributed by atoms with Crippen molar-refractivity contribution in [3.8, 4) is 12.5 Å². The van der Waals surface area contributed by atoms with Crippen LogP contribution in [-0.2, 0) is 0 Å². The number of halogens is 2. The van der Waals surface area contributed by atoms with Gasteiger partial charge in [-0.1, -0.05) is 29.6 Å². The first-order valence-electron chi connectivity index (χ1n) is 2.11. The molecular formula is C5H2Cl2N2. The molecule has 2 nitrogen and oxygen atoms in total. The second-order valence-corrected chi connectivity index (χ2v) is 2.11. The number of hydrogen-bond acceptors (Lipinski definition) is 1. The van der Waals surface area contributed by atoms with Gasteiger partial charge in [-0.05, 0) is 0 Å². The summed E-state index contributed by atoms with van der Waals surface area (Å²) in [5, 5.41) is 4.24. The van der Waals surface area contributed by atoms with Gasteiger partial charge < -0.3 is 0 Å². The van der Waals surface area contributed by atoms with Gasteiger partial charge in [0.05, 0.1) is 11.2 Å². The van der Waals surface area contributed by atoms with Crippen LogP contribution in [-0.4, -0.2) is 9.78 Å². The Kier molecular flexibility index (Phi) is 1.65. The minimum Gasteiger partial charge on any atom is -0.194 e. The van der Waals surface area contributed by atoms with Crippen LogP contribution < -0.4 is 0 Å². The molecule has 0 unspecified atom stereocenters. The zero-order valence-corrected chi connectivity index (χ0v) is 5.82. The molecule has 0 aromatic carbocycles. The monoisotopic (exact) mass is 160 g/mol. The summed E-state index contributed by atoms with van der Waals surface area (Å²) in [6, 6.07) is 2.23. The molecule has 0 aliphatic carbocycles. The van der Waals surface area contributed by atoms with E-state index in [1.165, 1.54) is 10.9 Å². The molecule has 1 aromatic heterocycles. The van der Waals surface area contributed by atoms with E-state index in [2.05, 4.69) is 11.1 Å². The Balaban J connectivity index is 3.16. The van der Waals surface area contributed by atoms with Crippen molar-refractivity contribution in [2.75, 3.05) is 0 Å². The Morgan fingerprint density at radius 1 is 1.67 bits per heavy atom. The highest BCUT2D eigenvalue weighted by Crippen LogP contribution is 2.17. The highest BCUT2D eigenvalue weighted by molar-refractivity contribution is 6.41. The lowest BCUT2D eigenvalue weighted by Crippen LogP contribution is -1.85. The van der Waals surface area contributed by atoms with Crippen LogP contribution in [0.5, 0.6) is 0 Å². The van der Waals surface area contributed by atoms with E-state index in [0.717, 1.165) is 0 Å². The van der Waals surface area contributed by atoms with Crippen LogP contribution in [0.3, 0.4) is 0 Å². The van der Waals surface area contributed by atoms with E-state index in [9.17, 15) is 0 Å². The van der Waals surface area contributed by atoms with Gasteiger partial charge in [-0.15, -0.1) is 5.10 Å². The summed E-state index contributed by atoms with van der Waals surface area (Å²) in [6.07, 6.45) is 6.43. The summed E-state index contributed by atoms with van der Waals surface area (Å²) in [6.45, 7) is 0. The molecule has 4 heteroatoms. The fourth-order valence-electron chi connectivity index (χ4n) is 0.398. The molecule has 0 radical (unpaired) electrons.